The molecule has 76 valence electrons. The predicted molar refractivity (Wildman–Crippen MR) is 52.6 cm³/mol. The third-order valence-corrected chi connectivity index (χ3v) is 1.94. The highest BCUT2D eigenvalue weighted by molar-refractivity contribution is 5.66. The average molecular weight is 194 g/mol. The van der Waals surface area contributed by atoms with E-state index in [1.165, 1.54) is 6.92 Å². The van der Waals surface area contributed by atoms with Gasteiger partial charge in [-0.3, -0.25) is 4.79 Å². The lowest BCUT2D eigenvalue weighted by molar-refractivity contribution is -0.151. The number of benzene rings is 1. The minimum absolute atomic E-state index is 0.382. The van der Waals surface area contributed by atoms with E-state index in [9.17, 15) is 9.90 Å². The Bertz CT molecular complexity index is 295. The number of ether oxygens (including phenoxy) is 1. The molecule has 0 aliphatic rings. The Hall–Kier alpha value is -1.35. The average Bonchev–Trinajstić information content (AvgIpc) is 2.17. The lowest BCUT2D eigenvalue weighted by Gasteiger charge is -2.18. The first-order chi connectivity index (χ1) is 6.61. The standard InChI is InChI=1S/C11H14O3/c1-8(14-9(2)12)11(13)10-6-4-3-5-7-10/h3-8,11,13H,1-2H3/t8-,11?/m0/s1. The van der Waals surface area contributed by atoms with Crippen molar-refractivity contribution in [2.75, 3.05) is 0 Å². The molecule has 1 rings (SSSR count). The maximum absolute atomic E-state index is 10.7. The molecule has 0 saturated carbocycles. The fourth-order valence-corrected chi connectivity index (χ4v) is 1.25. The van der Waals surface area contributed by atoms with Gasteiger partial charge in [-0.2, -0.15) is 0 Å². The first-order valence-electron chi connectivity index (χ1n) is 4.51. The second kappa shape index (κ2) is 4.77. The Morgan fingerprint density at radius 1 is 1.36 bits per heavy atom. The second-order valence-corrected chi connectivity index (χ2v) is 3.17. The van der Waals surface area contributed by atoms with Crippen LogP contribution in [0.25, 0.3) is 0 Å². The maximum atomic E-state index is 10.7. The Morgan fingerprint density at radius 2 is 1.93 bits per heavy atom. The maximum Gasteiger partial charge on any atom is 0.302 e. The lowest BCUT2D eigenvalue weighted by Crippen LogP contribution is -2.20. The van der Waals surface area contributed by atoms with E-state index < -0.39 is 12.2 Å². The highest BCUT2D eigenvalue weighted by Crippen LogP contribution is 2.18. The molecule has 0 bridgehead atoms. The normalized spacial score (nSPS) is 14.5. The minimum Gasteiger partial charge on any atom is -0.460 e. The molecule has 1 unspecified atom stereocenters. The summed E-state index contributed by atoms with van der Waals surface area (Å²) in [6.45, 7) is 2.99. The molecule has 2 atom stereocenters. The molecule has 1 aromatic carbocycles. The number of esters is 1. The van der Waals surface area contributed by atoms with Crippen LogP contribution in [0.15, 0.2) is 30.3 Å². The van der Waals surface area contributed by atoms with Crippen molar-refractivity contribution in [1.29, 1.82) is 0 Å². The highest BCUT2D eigenvalue weighted by atomic mass is 16.6. The second-order valence-electron chi connectivity index (χ2n) is 3.17. The third kappa shape index (κ3) is 2.85. The van der Waals surface area contributed by atoms with Gasteiger partial charge in [0.15, 0.2) is 0 Å². The molecule has 14 heavy (non-hydrogen) atoms. The number of aliphatic hydroxyl groups excluding tert-OH is 1. The molecule has 1 N–H and O–H groups in total. The monoisotopic (exact) mass is 194 g/mol. The van der Waals surface area contributed by atoms with E-state index in [4.69, 9.17) is 4.74 Å². The van der Waals surface area contributed by atoms with Crippen molar-refractivity contribution in [3.63, 3.8) is 0 Å². The van der Waals surface area contributed by atoms with Gasteiger partial charge in [-0.05, 0) is 12.5 Å². The van der Waals surface area contributed by atoms with Gasteiger partial charge in [0, 0.05) is 6.92 Å². The summed E-state index contributed by atoms with van der Waals surface area (Å²) < 4.78 is 4.88. The van der Waals surface area contributed by atoms with Crippen LogP contribution < -0.4 is 0 Å². The molecule has 0 amide bonds. The van der Waals surface area contributed by atoms with Crippen molar-refractivity contribution in [2.24, 2.45) is 0 Å². The summed E-state index contributed by atoms with van der Waals surface area (Å²) in [7, 11) is 0. The summed E-state index contributed by atoms with van der Waals surface area (Å²) in [6.07, 6.45) is -1.28. The van der Waals surface area contributed by atoms with Gasteiger partial charge in [-0.25, -0.2) is 0 Å². The molecule has 0 heterocycles. The molecule has 1 aromatic rings. The van der Waals surface area contributed by atoms with Crippen LogP contribution >= 0.6 is 0 Å². The Morgan fingerprint density at radius 3 is 2.43 bits per heavy atom. The Labute approximate surface area is 83.3 Å². The lowest BCUT2D eigenvalue weighted by atomic mass is 10.1. The Kier molecular flexibility index (Phi) is 3.65. The zero-order chi connectivity index (χ0) is 10.6. The number of aliphatic hydroxyl groups is 1. The van der Waals surface area contributed by atoms with Gasteiger partial charge in [-0.1, -0.05) is 30.3 Å². The first-order valence-corrected chi connectivity index (χ1v) is 4.51. The van der Waals surface area contributed by atoms with Crippen molar-refractivity contribution < 1.29 is 14.6 Å². The first kappa shape index (κ1) is 10.7. The molecule has 0 spiro atoms. The zero-order valence-corrected chi connectivity index (χ0v) is 8.31. The molecule has 3 heteroatoms. The van der Waals surface area contributed by atoms with Crippen molar-refractivity contribution in [3.05, 3.63) is 35.9 Å². The Balaban J connectivity index is 2.65. The summed E-state index contributed by atoms with van der Waals surface area (Å²) in [5.41, 5.74) is 0.751. The van der Waals surface area contributed by atoms with Gasteiger partial charge in [-0.15, -0.1) is 0 Å². The van der Waals surface area contributed by atoms with E-state index in [1.54, 1.807) is 19.1 Å². The van der Waals surface area contributed by atoms with E-state index in [0.717, 1.165) is 5.56 Å². The summed E-state index contributed by atoms with van der Waals surface area (Å²) in [5, 5.41) is 9.76. The van der Waals surface area contributed by atoms with Gasteiger partial charge >= 0.3 is 5.97 Å². The van der Waals surface area contributed by atoms with Crippen LogP contribution in [0.2, 0.25) is 0 Å². The summed E-state index contributed by atoms with van der Waals surface area (Å²) in [6, 6.07) is 9.13. The number of hydrogen-bond acceptors (Lipinski definition) is 3. The van der Waals surface area contributed by atoms with Crippen LogP contribution in [0.3, 0.4) is 0 Å². The molecule has 3 nitrogen and oxygen atoms in total. The highest BCUT2D eigenvalue weighted by Gasteiger charge is 2.18. The van der Waals surface area contributed by atoms with Crippen molar-refractivity contribution in [3.8, 4) is 0 Å². The van der Waals surface area contributed by atoms with E-state index in [2.05, 4.69) is 0 Å². The van der Waals surface area contributed by atoms with Crippen LogP contribution in [-0.4, -0.2) is 17.2 Å². The quantitative estimate of drug-likeness (QED) is 0.744. The van der Waals surface area contributed by atoms with Crippen LogP contribution in [0.5, 0.6) is 0 Å². The minimum atomic E-state index is -0.764. The van der Waals surface area contributed by atoms with E-state index in [1.807, 2.05) is 18.2 Å². The van der Waals surface area contributed by atoms with E-state index in [0.29, 0.717) is 0 Å². The largest absolute Gasteiger partial charge is 0.460 e. The van der Waals surface area contributed by atoms with Crippen molar-refractivity contribution in [1.82, 2.24) is 0 Å². The summed E-state index contributed by atoms with van der Waals surface area (Å²) in [4.78, 5) is 10.7. The van der Waals surface area contributed by atoms with Gasteiger partial charge in [0.1, 0.15) is 12.2 Å². The summed E-state index contributed by atoms with van der Waals surface area (Å²) >= 11 is 0. The number of carbonyl (C=O) groups excluding carboxylic acids is 1. The fourth-order valence-electron chi connectivity index (χ4n) is 1.25. The molecule has 0 fully saturated rings. The van der Waals surface area contributed by atoms with Gasteiger partial charge in [0.2, 0.25) is 0 Å². The molecule has 0 radical (unpaired) electrons. The van der Waals surface area contributed by atoms with Crippen molar-refractivity contribution in [2.45, 2.75) is 26.1 Å². The van der Waals surface area contributed by atoms with E-state index >= 15 is 0 Å². The zero-order valence-electron chi connectivity index (χ0n) is 8.31. The molecular weight excluding hydrogens is 180 g/mol. The van der Waals surface area contributed by atoms with Gasteiger partial charge < -0.3 is 9.84 Å². The fraction of sp³-hybridized carbons (Fsp3) is 0.364. The van der Waals surface area contributed by atoms with Gasteiger partial charge in [0.25, 0.3) is 0 Å². The molecule has 0 saturated heterocycles. The number of hydrogen-bond donors (Lipinski definition) is 1. The predicted octanol–water partition coefficient (Wildman–Crippen LogP) is 1.67. The molecule has 0 aromatic heterocycles. The van der Waals surface area contributed by atoms with Crippen molar-refractivity contribution >= 4 is 5.97 Å². The van der Waals surface area contributed by atoms with E-state index in [-0.39, 0.29) is 5.97 Å². The van der Waals surface area contributed by atoms with Crippen LogP contribution in [0, 0.1) is 0 Å². The molecule has 0 aliphatic heterocycles. The third-order valence-electron chi connectivity index (χ3n) is 1.94. The summed E-state index contributed by atoms with van der Waals surface area (Å²) in [5.74, 6) is -0.382. The van der Waals surface area contributed by atoms with Gasteiger partial charge in [0.05, 0.1) is 0 Å². The van der Waals surface area contributed by atoms with Crippen LogP contribution in [-0.2, 0) is 9.53 Å². The van der Waals surface area contributed by atoms with Crippen LogP contribution in [0.4, 0.5) is 0 Å². The molecule has 0 aliphatic carbocycles. The number of carbonyl (C=O) groups is 1. The number of rotatable bonds is 3. The SMILES string of the molecule is CC(=O)O[C@@H](C)C(O)c1ccccc1. The van der Waals surface area contributed by atoms with Crippen LogP contribution in [0.1, 0.15) is 25.5 Å². The topological polar surface area (TPSA) is 46.5 Å². The molecular formula is C11H14O3. The smallest absolute Gasteiger partial charge is 0.302 e.